The molecule has 1 N–H and O–H groups in total. The zero-order valence-electron chi connectivity index (χ0n) is 14.7. The van der Waals surface area contributed by atoms with Gasteiger partial charge in [-0.15, -0.1) is 0 Å². The number of hydrogen-bond donors (Lipinski definition) is 1. The molecule has 0 heterocycles. The van der Waals surface area contributed by atoms with E-state index < -0.39 is 10.8 Å². The van der Waals surface area contributed by atoms with Crippen LogP contribution in [0.25, 0.3) is 0 Å². The molecule has 0 spiro atoms. The fraction of sp³-hybridized carbons (Fsp3) is 0.222. The predicted molar refractivity (Wildman–Crippen MR) is 96.5 cm³/mol. The Balaban J connectivity index is 2.13. The van der Waals surface area contributed by atoms with Crippen LogP contribution in [-0.4, -0.2) is 30.8 Å². The SMILES string of the molecule is COCc1cc(/C(C)=N\NC(=O)c2ccc([N+](=O)[O-])cc2)ccc1OC. The topological polar surface area (TPSA) is 103 Å². The van der Waals surface area contributed by atoms with Crippen molar-refractivity contribution < 1.29 is 19.2 Å². The van der Waals surface area contributed by atoms with Crippen LogP contribution in [0.5, 0.6) is 5.75 Å². The highest BCUT2D eigenvalue weighted by molar-refractivity contribution is 6.01. The number of nitro groups is 1. The molecule has 0 unspecified atom stereocenters. The van der Waals surface area contributed by atoms with E-state index in [0.29, 0.717) is 18.1 Å². The summed E-state index contributed by atoms with van der Waals surface area (Å²) in [6, 6.07) is 10.8. The Morgan fingerprint density at radius 2 is 1.81 bits per heavy atom. The van der Waals surface area contributed by atoms with E-state index in [1.165, 1.54) is 24.3 Å². The highest BCUT2D eigenvalue weighted by atomic mass is 16.6. The van der Waals surface area contributed by atoms with Crippen LogP contribution >= 0.6 is 0 Å². The van der Waals surface area contributed by atoms with Gasteiger partial charge < -0.3 is 9.47 Å². The van der Waals surface area contributed by atoms with E-state index in [0.717, 1.165) is 11.1 Å². The number of carbonyl (C=O) groups is 1. The number of nitrogens with one attached hydrogen (secondary N) is 1. The first-order chi connectivity index (χ1) is 12.5. The molecule has 2 rings (SSSR count). The lowest BCUT2D eigenvalue weighted by Gasteiger charge is -2.10. The van der Waals surface area contributed by atoms with Gasteiger partial charge in [-0.25, -0.2) is 5.43 Å². The number of hydrogen-bond acceptors (Lipinski definition) is 6. The van der Waals surface area contributed by atoms with Crippen molar-refractivity contribution in [3.63, 3.8) is 0 Å². The van der Waals surface area contributed by atoms with Crippen molar-refractivity contribution in [3.8, 4) is 5.75 Å². The molecule has 0 aliphatic rings. The summed E-state index contributed by atoms with van der Waals surface area (Å²) < 4.78 is 10.4. The second kappa shape index (κ2) is 8.72. The minimum Gasteiger partial charge on any atom is -0.496 e. The van der Waals surface area contributed by atoms with Crippen molar-refractivity contribution in [3.05, 3.63) is 69.3 Å². The van der Waals surface area contributed by atoms with Crippen LogP contribution in [0.2, 0.25) is 0 Å². The van der Waals surface area contributed by atoms with Crippen molar-refractivity contribution in [1.29, 1.82) is 0 Å². The highest BCUT2D eigenvalue weighted by Gasteiger charge is 2.10. The number of amides is 1. The second-order valence-corrected chi connectivity index (χ2v) is 5.40. The van der Waals surface area contributed by atoms with E-state index in [2.05, 4.69) is 10.5 Å². The lowest BCUT2D eigenvalue weighted by Crippen LogP contribution is -2.19. The van der Waals surface area contributed by atoms with Crippen molar-refractivity contribution in [2.45, 2.75) is 13.5 Å². The van der Waals surface area contributed by atoms with Crippen LogP contribution in [0.15, 0.2) is 47.6 Å². The zero-order chi connectivity index (χ0) is 19.1. The van der Waals surface area contributed by atoms with Gasteiger partial charge in [-0.1, -0.05) is 0 Å². The number of nitrogens with zero attached hydrogens (tertiary/aromatic N) is 2. The Hall–Kier alpha value is -3.26. The predicted octanol–water partition coefficient (Wildman–Crippen LogP) is 2.90. The highest BCUT2D eigenvalue weighted by Crippen LogP contribution is 2.21. The van der Waals surface area contributed by atoms with E-state index in [1.54, 1.807) is 27.2 Å². The molecule has 1 amide bonds. The lowest BCUT2D eigenvalue weighted by atomic mass is 10.1. The Morgan fingerprint density at radius 3 is 2.38 bits per heavy atom. The Labute approximate surface area is 150 Å². The van der Waals surface area contributed by atoms with E-state index in [9.17, 15) is 14.9 Å². The summed E-state index contributed by atoms with van der Waals surface area (Å²) in [5.74, 6) is 0.253. The van der Waals surface area contributed by atoms with E-state index >= 15 is 0 Å². The molecule has 2 aromatic carbocycles. The van der Waals surface area contributed by atoms with Crippen molar-refractivity contribution in [2.75, 3.05) is 14.2 Å². The Bertz CT molecular complexity index is 831. The maximum absolute atomic E-state index is 12.1. The first-order valence-corrected chi connectivity index (χ1v) is 7.71. The van der Waals surface area contributed by atoms with Crippen LogP contribution in [0.3, 0.4) is 0 Å². The summed E-state index contributed by atoms with van der Waals surface area (Å²) in [7, 11) is 3.18. The van der Waals surface area contributed by atoms with Crippen LogP contribution in [0.4, 0.5) is 5.69 Å². The fourth-order valence-corrected chi connectivity index (χ4v) is 2.27. The third kappa shape index (κ3) is 4.64. The van der Waals surface area contributed by atoms with Gasteiger partial charge in [0.05, 0.1) is 24.4 Å². The quantitative estimate of drug-likeness (QED) is 0.466. The first kappa shape index (κ1) is 19.1. The zero-order valence-corrected chi connectivity index (χ0v) is 14.7. The van der Waals surface area contributed by atoms with E-state index in [1.807, 2.05) is 12.1 Å². The molecular weight excluding hydrogens is 338 g/mol. The number of non-ortho nitro benzene ring substituents is 1. The second-order valence-electron chi connectivity index (χ2n) is 5.40. The van der Waals surface area contributed by atoms with Gasteiger partial charge in [0.2, 0.25) is 0 Å². The summed E-state index contributed by atoms with van der Waals surface area (Å²) in [6.07, 6.45) is 0. The van der Waals surface area contributed by atoms with Gasteiger partial charge in [-0.3, -0.25) is 14.9 Å². The maximum atomic E-state index is 12.1. The minimum absolute atomic E-state index is 0.0786. The molecule has 8 nitrogen and oxygen atoms in total. The van der Waals surface area contributed by atoms with Crippen molar-refractivity contribution in [1.82, 2.24) is 5.43 Å². The molecule has 136 valence electrons. The fourth-order valence-electron chi connectivity index (χ4n) is 2.27. The molecule has 2 aromatic rings. The lowest BCUT2D eigenvalue weighted by molar-refractivity contribution is -0.384. The standard InChI is InChI=1S/C18H19N3O5/c1-12(14-6-9-17(26-3)15(10-14)11-25-2)19-20-18(22)13-4-7-16(8-5-13)21(23)24/h4-10H,11H2,1-3H3,(H,20,22)/b19-12-. The van der Waals surface area contributed by atoms with Gasteiger partial charge in [-0.2, -0.15) is 5.10 Å². The number of benzene rings is 2. The molecule has 0 aliphatic carbocycles. The normalized spacial score (nSPS) is 11.1. The smallest absolute Gasteiger partial charge is 0.271 e. The molecule has 0 fully saturated rings. The number of nitro benzene ring substituents is 1. The molecule has 0 aromatic heterocycles. The molecule has 0 bridgehead atoms. The van der Waals surface area contributed by atoms with Crippen LogP contribution < -0.4 is 10.2 Å². The van der Waals surface area contributed by atoms with Gasteiger partial charge in [0.15, 0.2) is 0 Å². The summed E-state index contributed by atoms with van der Waals surface area (Å²) >= 11 is 0. The Morgan fingerprint density at radius 1 is 1.15 bits per heavy atom. The van der Waals surface area contributed by atoms with Gasteiger partial charge in [0.1, 0.15) is 5.75 Å². The van der Waals surface area contributed by atoms with Crippen LogP contribution in [-0.2, 0) is 11.3 Å². The molecule has 0 saturated heterocycles. The van der Waals surface area contributed by atoms with Crippen molar-refractivity contribution >= 4 is 17.3 Å². The van der Waals surface area contributed by atoms with Crippen LogP contribution in [0.1, 0.15) is 28.4 Å². The Kier molecular flexibility index (Phi) is 6.40. The number of hydrazone groups is 1. The largest absolute Gasteiger partial charge is 0.496 e. The third-order valence-corrected chi connectivity index (χ3v) is 3.66. The molecule has 0 atom stereocenters. The van der Waals surface area contributed by atoms with Gasteiger partial charge in [0, 0.05) is 30.4 Å². The summed E-state index contributed by atoms with van der Waals surface area (Å²) in [4.78, 5) is 22.2. The molecule has 0 aliphatic heterocycles. The number of ether oxygens (including phenoxy) is 2. The molecule has 0 radical (unpaired) electrons. The average Bonchev–Trinajstić information content (AvgIpc) is 2.66. The number of rotatable bonds is 7. The minimum atomic E-state index is -0.523. The van der Waals surface area contributed by atoms with Gasteiger partial charge in [0.25, 0.3) is 11.6 Å². The van der Waals surface area contributed by atoms with Gasteiger partial charge >= 0.3 is 0 Å². The van der Waals surface area contributed by atoms with E-state index in [-0.39, 0.29) is 11.3 Å². The average molecular weight is 357 g/mol. The first-order valence-electron chi connectivity index (χ1n) is 7.71. The molecule has 8 heteroatoms. The summed E-state index contributed by atoms with van der Waals surface area (Å²) in [5.41, 5.74) is 4.91. The molecule has 0 saturated carbocycles. The van der Waals surface area contributed by atoms with E-state index in [4.69, 9.17) is 9.47 Å². The molecule has 26 heavy (non-hydrogen) atoms. The van der Waals surface area contributed by atoms with Crippen molar-refractivity contribution in [2.24, 2.45) is 5.10 Å². The summed E-state index contributed by atoms with van der Waals surface area (Å²) in [6.45, 7) is 2.15. The maximum Gasteiger partial charge on any atom is 0.271 e. The summed E-state index contributed by atoms with van der Waals surface area (Å²) in [5, 5.41) is 14.7. The third-order valence-electron chi connectivity index (χ3n) is 3.66. The number of carbonyl (C=O) groups excluding carboxylic acids is 1. The van der Waals surface area contributed by atoms with Crippen LogP contribution in [0, 0.1) is 10.1 Å². The number of methoxy groups -OCH3 is 2. The molecular formula is C18H19N3O5. The monoisotopic (exact) mass is 357 g/mol. The van der Waals surface area contributed by atoms with Gasteiger partial charge in [-0.05, 0) is 42.8 Å².